The summed E-state index contributed by atoms with van der Waals surface area (Å²) in [6, 6.07) is 11.5. The number of aromatic nitrogens is 1. The first kappa shape index (κ1) is 27.6. The Morgan fingerprint density at radius 2 is 1.72 bits per heavy atom. The monoisotopic (exact) mass is 525 g/mol. The highest BCUT2D eigenvalue weighted by molar-refractivity contribution is 7.07. The van der Waals surface area contributed by atoms with Gasteiger partial charge in [-0.3, -0.25) is 4.99 Å². The van der Waals surface area contributed by atoms with E-state index in [1.165, 1.54) is 23.5 Å². The maximum atomic E-state index is 12.5. The van der Waals surface area contributed by atoms with Gasteiger partial charge >= 0.3 is 6.36 Å². The van der Waals surface area contributed by atoms with Crippen molar-refractivity contribution in [2.45, 2.75) is 25.9 Å². The molecule has 0 saturated carbocycles. The molecule has 196 valence electrons. The summed E-state index contributed by atoms with van der Waals surface area (Å²) in [5, 5.41) is 5.28. The van der Waals surface area contributed by atoms with Crippen LogP contribution >= 0.6 is 11.3 Å². The van der Waals surface area contributed by atoms with E-state index in [0.717, 1.165) is 41.1 Å². The number of halogens is 3. The topological polar surface area (TPSA) is 66.2 Å². The third-order valence-corrected chi connectivity index (χ3v) is 6.18. The van der Waals surface area contributed by atoms with Crippen molar-refractivity contribution in [3.63, 3.8) is 0 Å². The highest BCUT2D eigenvalue weighted by Gasteiger charge is 2.31. The number of rotatable bonds is 13. The number of ether oxygens (including phenoxy) is 4. The number of hydrogen-bond donors (Lipinski definition) is 1. The van der Waals surface area contributed by atoms with Gasteiger partial charge in [0.15, 0.2) is 4.80 Å². The molecule has 0 amide bonds. The lowest BCUT2D eigenvalue weighted by Crippen LogP contribution is -2.23. The summed E-state index contributed by atoms with van der Waals surface area (Å²) >= 11 is 1.48. The van der Waals surface area contributed by atoms with Gasteiger partial charge in [-0.15, -0.1) is 24.5 Å². The molecular weight excluding hydrogens is 495 g/mol. The lowest BCUT2D eigenvalue weighted by atomic mass is 10.1. The Hall–Kier alpha value is -3.02. The van der Waals surface area contributed by atoms with E-state index in [4.69, 9.17) is 19.2 Å². The molecule has 0 saturated heterocycles. The smallest absolute Gasteiger partial charge is 0.497 e. The summed E-state index contributed by atoms with van der Waals surface area (Å²) in [5.41, 5.74) is 2.56. The van der Waals surface area contributed by atoms with Crippen LogP contribution in [0.3, 0.4) is 0 Å². The maximum Gasteiger partial charge on any atom is 0.573 e. The average Bonchev–Trinajstić information content (AvgIpc) is 3.26. The summed E-state index contributed by atoms with van der Waals surface area (Å²) in [7, 11) is 4.86. The molecule has 0 radical (unpaired) electrons. The van der Waals surface area contributed by atoms with Crippen molar-refractivity contribution in [2.24, 2.45) is 4.99 Å². The van der Waals surface area contributed by atoms with E-state index in [9.17, 15) is 13.2 Å². The van der Waals surface area contributed by atoms with Crippen LogP contribution in [0.2, 0.25) is 0 Å². The molecule has 0 unspecified atom stereocenters. The Bertz CT molecular complexity index is 1160. The van der Waals surface area contributed by atoms with Gasteiger partial charge in [-0.1, -0.05) is 0 Å². The summed E-state index contributed by atoms with van der Waals surface area (Å²) < 4.78 is 59.5. The van der Waals surface area contributed by atoms with Gasteiger partial charge in [-0.2, -0.15) is 0 Å². The molecule has 3 rings (SSSR count). The van der Waals surface area contributed by atoms with Crippen LogP contribution in [-0.4, -0.2) is 52.0 Å². The zero-order chi connectivity index (χ0) is 26.0. The van der Waals surface area contributed by atoms with Gasteiger partial charge in [0.25, 0.3) is 0 Å². The molecule has 1 heterocycles. The predicted molar refractivity (Wildman–Crippen MR) is 133 cm³/mol. The van der Waals surface area contributed by atoms with Crippen LogP contribution in [-0.2, 0) is 17.8 Å². The van der Waals surface area contributed by atoms with E-state index in [1.54, 1.807) is 33.5 Å². The molecule has 3 aromatic rings. The van der Waals surface area contributed by atoms with Crippen molar-refractivity contribution in [2.75, 3.05) is 41.0 Å². The number of nitrogens with one attached hydrogen (secondary N) is 1. The van der Waals surface area contributed by atoms with Crippen LogP contribution in [0.1, 0.15) is 12.0 Å². The Labute approximate surface area is 212 Å². The van der Waals surface area contributed by atoms with E-state index in [1.807, 2.05) is 23.6 Å². The molecule has 1 aromatic heterocycles. The standard InChI is InChI=1S/C25H30F3N3O4S/c1-32-14-12-29-11-4-13-31-22(18-5-8-20(9-6-18)35-25(26,27)28)17-36-24(31)30-16-19-7-10-21(33-2)15-23(19)34-3/h5-10,15,17,29H,4,11-14,16H2,1-3H3. The fraction of sp³-hybridized carbons (Fsp3) is 0.400. The largest absolute Gasteiger partial charge is 0.573 e. The van der Waals surface area contributed by atoms with E-state index in [0.29, 0.717) is 31.2 Å². The Morgan fingerprint density at radius 3 is 2.39 bits per heavy atom. The Kier molecular flexibility index (Phi) is 10.2. The minimum Gasteiger partial charge on any atom is -0.497 e. The molecule has 0 bridgehead atoms. The maximum absolute atomic E-state index is 12.5. The van der Waals surface area contributed by atoms with E-state index >= 15 is 0 Å². The highest BCUT2D eigenvalue weighted by Crippen LogP contribution is 2.28. The van der Waals surface area contributed by atoms with Gasteiger partial charge in [0, 0.05) is 37.2 Å². The predicted octanol–water partition coefficient (Wildman–Crippen LogP) is 4.86. The van der Waals surface area contributed by atoms with E-state index < -0.39 is 6.36 Å². The van der Waals surface area contributed by atoms with Crippen molar-refractivity contribution in [1.29, 1.82) is 0 Å². The van der Waals surface area contributed by atoms with Crippen LogP contribution in [0, 0.1) is 0 Å². The van der Waals surface area contributed by atoms with Gasteiger partial charge in [-0.05, 0) is 54.9 Å². The molecule has 0 aliphatic carbocycles. The summed E-state index contributed by atoms with van der Waals surface area (Å²) in [4.78, 5) is 5.63. The second kappa shape index (κ2) is 13.3. The second-order valence-electron chi connectivity index (χ2n) is 7.72. The van der Waals surface area contributed by atoms with Crippen LogP contribution in [0.5, 0.6) is 17.2 Å². The zero-order valence-electron chi connectivity index (χ0n) is 20.4. The molecule has 36 heavy (non-hydrogen) atoms. The lowest BCUT2D eigenvalue weighted by Gasteiger charge is -2.12. The summed E-state index contributed by atoms with van der Waals surface area (Å²) in [5.74, 6) is 1.12. The molecule has 0 fully saturated rings. The molecule has 0 aliphatic heterocycles. The van der Waals surface area contributed by atoms with Gasteiger partial charge in [0.1, 0.15) is 17.2 Å². The molecule has 2 aromatic carbocycles. The fourth-order valence-electron chi connectivity index (χ4n) is 3.53. The molecule has 7 nitrogen and oxygen atoms in total. The summed E-state index contributed by atoms with van der Waals surface area (Å²) in [6.07, 6.45) is -3.89. The molecular formula is C25H30F3N3O4S. The van der Waals surface area contributed by atoms with Crippen LogP contribution in [0.15, 0.2) is 52.8 Å². The normalized spacial score (nSPS) is 12.1. The van der Waals surface area contributed by atoms with Gasteiger partial charge < -0.3 is 28.8 Å². The Balaban J connectivity index is 1.86. The second-order valence-corrected chi connectivity index (χ2v) is 8.55. The van der Waals surface area contributed by atoms with E-state index in [2.05, 4.69) is 14.6 Å². The highest BCUT2D eigenvalue weighted by atomic mass is 32.1. The van der Waals surface area contributed by atoms with Crippen molar-refractivity contribution in [1.82, 2.24) is 9.88 Å². The first-order valence-corrected chi connectivity index (χ1v) is 12.2. The number of nitrogens with zero attached hydrogens (tertiary/aromatic N) is 2. The van der Waals surface area contributed by atoms with Crippen LogP contribution in [0.25, 0.3) is 11.3 Å². The van der Waals surface area contributed by atoms with Crippen molar-refractivity contribution in [3.8, 4) is 28.5 Å². The molecule has 1 N–H and O–H groups in total. The number of benzene rings is 2. The minimum atomic E-state index is -4.73. The first-order valence-electron chi connectivity index (χ1n) is 11.3. The zero-order valence-corrected chi connectivity index (χ0v) is 21.2. The number of hydrogen-bond acceptors (Lipinski definition) is 7. The minimum absolute atomic E-state index is 0.258. The quantitative estimate of drug-likeness (QED) is 0.323. The first-order chi connectivity index (χ1) is 17.3. The van der Waals surface area contributed by atoms with Crippen molar-refractivity contribution in [3.05, 3.63) is 58.2 Å². The molecule has 0 aliphatic rings. The fourth-order valence-corrected chi connectivity index (χ4v) is 4.46. The van der Waals surface area contributed by atoms with Crippen LogP contribution in [0.4, 0.5) is 13.2 Å². The van der Waals surface area contributed by atoms with Gasteiger partial charge in [0.05, 0.1) is 33.1 Å². The SMILES string of the molecule is COCCNCCCn1c(-c2ccc(OC(F)(F)F)cc2)csc1=NCc1ccc(OC)cc1OC. The third kappa shape index (κ3) is 8.00. The molecule has 11 heteroatoms. The number of methoxy groups -OCH3 is 3. The number of thiazole rings is 1. The van der Waals surface area contributed by atoms with Crippen molar-refractivity contribution < 1.29 is 32.1 Å². The van der Waals surface area contributed by atoms with Crippen molar-refractivity contribution >= 4 is 11.3 Å². The Morgan fingerprint density at radius 1 is 0.972 bits per heavy atom. The summed E-state index contributed by atoms with van der Waals surface area (Å²) in [6.45, 7) is 3.26. The van der Waals surface area contributed by atoms with E-state index in [-0.39, 0.29) is 5.75 Å². The van der Waals surface area contributed by atoms with Gasteiger partial charge in [0.2, 0.25) is 0 Å². The third-order valence-electron chi connectivity index (χ3n) is 5.28. The molecule has 0 spiro atoms. The number of alkyl halides is 3. The molecule has 0 atom stereocenters. The lowest BCUT2D eigenvalue weighted by molar-refractivity contribution is -0.274. The average molecular weight is 526 g/mol. The van der Waals surface area contributed by atoms with Crippen LogP contribution < -0.4 is 24.3 Å². The van der Waals surface area contributed by atoms with Gasteiger partial charge in [-0.25, -0.2) is 0 Å².